The minimum absolute atomic E-state index is 0.0569. The molecule has 0 amide bonds. The Labute approximate surface area is 131 Å². The highest BCUT2D eigenvalue weighted by atomic mass is 19.4. The van der Waals surface area contributed by atoms with Crippen molar-refractivity contribution in [2.45, 2.75) is 12.7 Å². The lowest BCUT2D eigenvalue weighted by Gasteiger charge is -2.34. The van der Waals surface area contributed by atoms with Crippen molar-refractivity contribution < 1.29 is 27.5 Å². The molecule has 0 bridgehead atoms. The smallest absolute Gasteiger partial charge is 0.416 e. The van der Waals surface area contributed by atoms with Gasteiger partial charge in [0.15, 0.2) is 0 Å². The average Bonchev–Trinajstić information content (AvgIpc) is 2.48. The van der Waals surface area contributed by atoms with Gasteiger partial charge in [-0.2, -0.15) is 13.2 Å². The van der Waals surface area contributed by atoms with Crippen LogP contribution < -0.4 is 0 Å². The molecule has 0 radical (unpaired) electrons. The maximum atomic E-state index is 13.1. The molecule has 8 heteroatoms. The van der Waals surface area contributed by atoms with Crippen LogP contribution in [0.25, 0.3) is 0 Å². The van der Waals surface area contributed by atoms with E-state index in [9.17, 15) is 22.4 Å². The molecule has 1 N–H and O–H groups in total. The van der Waals surface area contributed by atoms with Crippen LogP contribution in [0.5, 0.6) is 0 Å². The SMILES string of the molecule is O=C(O)c1ccc(CN2CCN(CCF)CC2)c(C(F)(F)F)c1. The van der Waals surface area contributed by atoms with E-state index >= 15 is 0 Å². The van der Waals surface area contributed by atoms with E-state index in [-0.39, 0.29) is 17.7 Å². The van der Waals surface area contributed by atoms with Crippen molar-refractivity contribution in [2.24, 2.45) is 0 Å². The number of hydrogen-bond donors (Lipinski definition) is 1. The molecule has 23 heavy (non-hydrogen) atoms. The Hall–Kier alpha value is -1.67. The molecule has 1 aromatic rings. The first-order chi connectivity index (χ1) is 10.8. The van der Waals surface area contributed by atoms with Gasteiger partial charge in [-0.1, -0.05) is 6.07 Å². The third kappa shape index (κ3) is 4.65. The quantitative estimate of drug-likeness (QED) is 0.841. The summed E-state index contributed by atoms with van der Waals surface area (Å²) in [6.07, 6.45) is -4.60. The zero-order chi connectivity index (χ0) is 17.0. The summed E-state index contributed by atoms with van der Waals surface area (Å²) in [5, 5.41) is 8.85. The number of alkyl halides is 4. The summed E-state index contributed by atoms with van der Waals surface area (Å²) in [7, 11) is 0. The van der Waals surface area contributed by atoms with Crippen LogP contribution in [0.15, 0.2) is 18.2 Å². The predicted octanol–water partition coefficient (Wildman–Crippen LogP) is 2.49. The van der Waals surface area contributed by atoms with Crippen LogP contribution in [0.2, 0.25) is 0 Å². The molecule has 128 valence electrons. The Balaban J connectivity index is 2.12. The molecule has 0 aromatic heterocycles. The minimum atomic E-state index is -4.60. The van der Waals surface area contributed by atoms with Crippen molar-refractivity contribution in [3.05, 3.63) is 34.9 Å². The maximum Gasteiger partial charge on any atom is 0.416 e. The lowest BCUT2D eigenvalue weighted by molar-refractivity contribution is -0.138. The van der Waals surface area contributed by atoms with Gasteiger partial charge < -0.3 is 5.11 Å². The Morgan fingerprint density at radius 1 is 1.13 bits per heavy atom. The summed E-state index contributed by atoms with van der Waals surface area (Å²) in [5.41, 5.74) is -1.24. The molecule has 0 atom stereocenters. The maximum absolute atomic E-state index is 13.1. The van der Waals surface area contributed by atoms with Crippen molar-refractivity contribution in [1.82, 2.24) is 9.80 Å². The first-order valence-electron chi connectivity index (χ1n) is 7.25. The summed E-state index contributed by atoms with van der Waals surface area (Å²) in [4.78, 5) is 14.7. The van der Waals surface area contributed by atoms with E-state index < -0.39 is 24.4 Å². The van der Waals surface area contributed by atoms with Crippen LogP contribution in [0.3, 0.4) is 0 Å². The largest absolute Gasteiger partial charge is 0.478 e. The van der Waals surface area contributed by atoms with Gasteiger partial charge in [0.2, 0.25) is 0 Å². The van der Waals surface area contributed by atoms with Gasteiger partial charge in [0, 0.05) is 39.3 Å². The first kappa shape index (κ1) is 17.7. The van der Waals surface area contributed by atoms with Crippen molar-refractivity contribution in [1.29, 1.82) is 0 Å². The zero-order valence-electron chi connectivity index (χ0n) is 12.4. The summed E-state index contributed by atoms with van der Waals surface area (Å²) in [5.74, 6) is -1.39. The van der Waals surface area contributed by atoms with Gasteiger partial charge >= 0.3 is 12.1 Å². The number of rotatable bonds is 5. The molecule has 1 fully saturated rings. The number of piperazine rings is 1. The van der Waals surface area contributed by atoms with Crippen molar-refractivity contribution in [3.63, 3.8) is 0 Å². The number of hydrogen-bond acceptors (Lipinski definition) is 3. The Kier molecular flexibility index (Phi) is 5.59. The fourth-order valence-corrected chi connectivity index (χ4v) is 2.64. The fraction of sp³-hybridized carbons (Fsp3) is 0.533. The molecular weight excluding hydrogens is 316 g/mol. The van der Waals surface area contributed by atoms with Gasteiger partial charge in [0.05, 0.1) is 11.1 Å². The first-order valence-corrected chi connectivity index (χ1v) is 7.25. The summed E-state index contributed by atoms with van der Waals surface area (Å²) >= 11 is 0. The van der Waals surface area contributed by atoms with Crippen molar-refractivity contribution in [2.75, 3.05) is 39.4 Å². The van der Waals surface area contributed by atoms with Gasteiger partial charge in [-0.25, -0.2) is 9.18 Å². The number of aromatic carboxylic acids is 1. The van der Waals surface area contributed by atoms with Gasteiger partial charge in [-0.05, 0) is 17.7 Å². The predicted molar refractivity (Wildman–Crippen MR) is 76.1 cm³/mol. The molecule has 0 unspecified atom stereocenters. The van der Waals surface area contributed by atoms with E-state index in [1.165, 1.54) is 12.1 Å². The van der Waals surface area contributed by atoms with Gasteiger partial charge in [-0.3, -0.25) is 9.80 Å². The molecule has 0 spiro atoms. The third-order valence-corrected chi connectivity index (χ3v) is 3.92. The highest BCUT2D eigenvalue weighted by Crippen LogP contribution is 2.33. The van der Waals surface area contributed by atoms with E-state index in [1.807, 2.05) is 9.80 Å². The van der Waals surface area contributed by atoms with Crippen LogP contribution in [0.1, 0.15) is 21.5 Å². The van der Waals surface area contributed by atoms with Gasteiger partial charge in [-0.15, -0.1) is 0 Å². The lowest BCUT2D eigenvalue weighted by Crippen LogP contribution is -2.46. The molecule has 1 aliphatic heterocycles. The highest BCUT2D eigenvalue weighted by molar-refractivity contribution is 5.88. The van der Waals surface area contributed by atoms with E-state index in [4.69, 9.17) is 5.11 Å². The number of carboxylic acid groups (broad SMARTS) is 1. The second kappa shape index (κ2) is 7.27. The Morgan fingerprint density at radius 2 is 1.74 bits per heavy atom. The van der Waals surface area contributed by atoms with Crippen LogP contribution in [-0.4, -0.2) is 60.3 Å². The number of carbonyl (C=O) groups is 1. The molecular formula is C15H18F4N2O2. The van der Waals surface area contributed by atoms with Crippen LogP contribution in [0, 0.1) is 0 Å². The highest BCUT2D eigenvalue weighted by Gasteiger charge is 2.34. The molecule has 1 heterocycles. The van der Waals surface area contributed by atoms with Crippen LogP contribution >= 0.6 is 0 Å². The molecule has 2 rings (SSSR count). The average molecular weight is 334 g/mol. The Morgan fingerprint density at radius 3 is 2.26 bits per heavy atom. The van der Waals surface area contributed by atoms with Crippen molar-refractivity contribution in [3.8, 4) is 0 Å². The normalized spacial score (nSPS) is 17.4. The van der Waals surface area contributed by atoms with Crippen LogP contribution in [-0.2, 0) is 12.7 Å². The summed E-state index contributed by atoms with van der Waals surface area (Å²) in [6, 6.07) is 3.09. The molecule has 0 saturated carbocycles. The molecule has 1 saturated heterocycles. The Bertz CT molecular complexity index is 555. The van der Waals surface area contributed by atoms with Gasteiger partial charge in [0.1, 0.15) is 6.67 Å². The third-order valence-electron chi connectivity index (χ3n) is 3.92. The second-order valence-corrected chi connectivity index (χ2v) is 5.48. The minimum Gasteiger partial charge on any atom is -0.478 e. The van der Waals surface area contributed by atoms with E-state index in [2.05, 4.69) is 0 Å². The molecule has 0 aliphatic carbocycles. The molecule has 1 aliphatic rings. The summed E-state index contributed by atoms with van der Waals surface area (Å²) in [6.45, 7) is 2.33. The number of benzene rings is 1. The number of halogens is 4. The second-order valence-electron chi connectivity index (χ2n) is 5.48. The standard InChI is InChI=1S/C15H18F4N2O2/c16-3-4-20-5-7-21(8-6-20)10-12-2-1-11(14(22)23)9-13(12)15(17,18)19/h1-2,9H,3-8,10H2,(H,22,23). The fourth-order valence-electron chi connectivity index (χ4n) is 2.64. The summed E-state index contributed by atoms with van der Waals surface area (Å²) < 4.78 is 51.7. The number of nitrogens with zero attached hydrogens (tertiary/aromatic N) is 2. The van der Waals surface area contributed by atoms with Crippen LogP contribution in [0.4, 0.5) is 17.6 Å². The lowest BCUT2D eigenvalue weighted by atomic mass is 10.0. The monoisotopic (exact) mass is 334 g/mol. The molecule has 1 aromatic carbocycles. The van der Waals surface area contributed by atoms with Gasteiger partial charge in [0.25, 0.3) is 0 Å². The topological polar surface area (TPSA) is 43.8 Å². The van der Waals surface area contributed by atoms with E-state index in [0.717, 1.165) is 0 Å². The van der Waals surface area contributed by atoms with E-state index in [1.54, 1.807) is 0 Å². The zero-order valence-corrected chi connectivity index (χ0v) is 12.4. The van der Waals surface area contributed by atoms with Crippen molar-refractivity contribution >= 4 is 5.97 Å². The van der Waals surface area contributed by atoms with E-state index in [0.29, 0.717) is 38.8 Å². The molecule has 4 nitrogen and oxygen atoms in total. The number of carboxylic acids is 1.